The smallest absolute Gasteiger partial charge is 0.255 e. The van der Waals surface area contributed by atoms with Gasteiger partial charge in [-0.05, 0) is 49.1 Å². The zero-order valence-corrected chi connectivity index (χ0v) is 17.2. The highest BCUT2D eigenvalue weighted by Crippen LogP contribution is 2.20. The van der Waals surface area contributed by atoms with E-state index in [1.54, 1.807) is 13.2 Å². The number of hydrogen-bond acceptors (Lipinski definition) is 3. The molecule has 3 N–H and O–H groups in total. The number of H-pyrrole nitrogens is 1. The van der Waals surface area contributed by atoms with Crippen LogP contribution < -0.4 is 10.6 Å². The van der Waals surface area contributed by atoms with Gasteiger partial charge in [0.15, 0.2) is 0 Å². The third kappa shape index (κ3) is 5.71. The number of carbonyl (C=O) groups excluding carboxylic acids is 1. The van der Waals surface area contributed by atoms with E-state index in [1.165, 1.54) is 0 Å². The van der Waals surface area contributed by atoms with Crippen LogP contribution in [0.4, 0.5) is 0 Å². The number of carbonyl (C=O) groups is 1. The molecule has 148 valence electrons. The second-order valence-electron chi connectivity index (χ2n) is 6.65. The summed E-state index contributed by atoms with van der Waals surface area (Å²) in [4.78, 5) is 20.5. The first-order valence-electron chi connectivity index (χ1n) is 9.66. The van der Waals surface area contributed by atoms with Crippen LogP contribution in [0.15, 0.2) is 48.8 Å². The summed E-state index contributed by atoms with van der Waals surface area (Å²) >= 11 is 0. The van der Waals surface area contributed by atoms with Crippen LogP contribution in [0.1, 0.15) is 59.8 Å². The van der Waals surface area contributed by atoms with E-state index in [2.05, 4.69) is 47.1 Å². The largest absolute Gasteiger partial charge is 0.393 e. The maximum Gasteiger partial charge on any atom is 0.255 e. The Kier molecular flexibility index (Phi) is 7.81. The lowest BCUT2D eigenvalue weighted by Gasteiger charge is -2.12. The lowest BCUT2D eigenvalue weighted by atomic mass is 10.1. The number of aryl methyl sites for hydroxylation is 2. The molecule has 0 saturated heterocycles. The molecular formula is C23H30N4O. The molecule has 1 aromatic heterocycles. The highest BCUT2D eigenvalue weighted by molar-refractivity contribution is 5.95. The fourth-order valence-corrected chi connectivity index (χ4v) is 2.80. The summed E-state index contributed by atoms with van der Waals surface area (Å²) in [6.07, 6.45) is 8.19. The van der Waals surface area contributed by atoms with Crippen molar-refractivity contribution in [2.45, 2.75) is 40.0 Å². The molecule has 0 aliphatic rings. The van der Waals surface area contributed by atoms with E-state index in [-0.39, 0.29) is 5.91 Å². The van der Waals surface area contributed by atoms with Crippen LogP contribution in [0.5, 0.6) is 0 Å². The van der Waals surface area contributed by atoms with Gasteiger partial charge in [-0.15, -0.1) is 0 Å². The third-order valence-corrected chi connectivity index (χ3v) is 4.36. The lowest BCUT2D eigenvalue weighted by Crippen LogP contribution is -2.24. The molecule has 1 aromatic carbocycles. The van der Waals surface area contributed by atoms with Crippen molar-refractivity contribution in [3.63, 3.8) is 0 Å². The molecule has 0 unspecified atom stereocenters. The first kappa shape index (κ1) is 21.2. The van der Waals surface area contributed by atoms with Gasteiger partial charge in [-0.25, -0.2) is 4.98 Å². The van der Waals surface area contributed by atoms with Crippen LogP contribution in [0.3, 0.4) is 0 Å². The number of amides is 1. The van der Waals surface area contributed by atoms with Gasteiger partial charge < -0.3 is 15.6 Å². The lowest BCUT2D eigenvalue weighted by molar-refractivity contribution is 0.0965. The number of aromatic nitrogens is 2. The predicted molar refractivity (Wildman–Crippen MR) is 117 cm³/mol. The van der Waals surface area contributed by atoms with Gasteiger partial charge in [0.25, 0.3) is 5.91 Å². The van der Waals surface area contributed by atoms with Crippen LogP contribution >= 0.6 is 0 Å². The summed E-state index contributed by atoms with van der Waals surface area (Å²) in [6, 6.07) is 7.67. The van der Waals surface area contributed by atoms with E-state index in [4.69, 9.17) is 0 Å². The predicted octanol–water partition coefficient (Wildman–Crippen LogP) is 4.60. The molecule has 0 bridgehead atoms. The maximum atomic E-state index is 12.7. The minimum Gasteiger partial charge on any atom is -0.393 e. The van der Waals surface area contributed by atoms with Crippen molar-refractivity contribution in [3.8, 4) is 0 Å². The molecule has 5 nitrogen and oxygen atoms in total. The van der Waals surface area contributed by atoms with Crippen molar-refractivity contribution in [2.24, 2.45) is 0 Å². The van der Waals surface area contributed by atoms with Gasteiger partial charge in [-0.2, -0.15) is 0 Å². The highest BCUT2D eigenvalue weighted by Gasteiger charge is 2.13. The van der Waals surface area contributed by atoms with Crippen LogP contribution in [-0.4, -0.2) is 22.9 Å². The van der Waals surface area contributed by atoms with E-state index >= 15 is 0 Å². The molecule has 0 atom stereocenters. The molecule has 0 radical (unpaired) electrons. The Bertz CT molecular complexity index is 890. The zero-order chi connectivity index (χ0) is 20.5. The van der Waals surface area contributed by atoms with Gasteiger partial charge in [-0.3, -0.25) is 4.79 Å². The number of nitrogens with zero attached hydrogens (tertiary/aromatic N) is 1. The first-order valence-corrected chi connectivity index (χ1v) is 9.66. The average molecular weight is 379 g/mol. The van der Waals surface area contributed by atoms with Gasteiger partial charge in [0.2, 0.25) is 0 Å². The van der Waals surface area contributed by atoms with E-state index in [1.807, 2.05) is 37.3 Å². The Morgan fingerprint density at radius 2 is 2.11 bits per heavy atom. The fraction of sp³-hybridized carbons (Fsp3) is 0.304. The Morgan fingerprint density at radius 3 is 2.79 bits per heavy atom. The van der Waals surface area contributed by atoms with Crippen molar-refractivity contribution in [2.75, 3.05) is 7.05 Å². The molecule has 0 fully saturated rings. The summed E-state index contributed by atoms with van der Waals surface area (Å²) in [5.74, 6) is 0.601. The Morgan fingerprint density at radius 1 is 1.32 bits per heavy atom. The Labute approximate surface area is 167 Å². The molecule has 5 heteroatoms. The topological polar surface area (TPSA) is 69.8 Å². The normalized spacial score (nSPS) is 11.6. The summed E-state index contributed by atoms with van der Waals surface area (Å²) in [6.45, 7) is 10.3. The molecule has 0 spiro atoms. The fourth-order valence-electron chi connectivity index (χ4n) is 2.80. The number of allylic oxidation sites excluding steroid dienone is 2. The van der Waals surface area contributed by atoms with Gasteiger partial charge >= 0.3 is 0 Å². The van der Waals surface area contributed by atoms with Gasteiger partial charge in [0.1, 0.15) is 5.82 Å². The second kappa shape index (κ2) is 10.3. The van der Waals surface area contributed by atoms with Gasteiger partial charge in [0, 0.05) is 36.6 Å². The molecule has 0 saturated carbocycles. The summed E-state index contributed by atoms with van der Waals surface area (Å²) in [5, 5.41) is 5.97. The van der Waals surface area contributed by atoms with E-state index in [0.29, 0.717) is 12.0 Å². The van der Waals surface area contributed by atoms with Gasteiger partial charge in [0.05, 0.1) is 5.69 Å². The zero-order valence-electron chi connectivity index (χ0n) is 17.2. The van der Waals surface area contributed by atoms with E-state index < -0.39 is 0 Å². The van der Waals surface area contributed by atoms with Crippen LogP contribution in [0, 0.1) is 6.92 Å². The number of rotatable bonds is 9. The molecule has 2 rings (SSSR count). The number of nitrogens with one attached hydrogen (secondary N) is 3. The van der Waals surface area contributed by atoms with E-state index in [9.17, 15) is 4.79 Å². The minimum absolute atomic E-state index is 0.133. The first-order chi connectivity index (χ1) is 13.5. The summed E-state index contributed by atoms with van der Waals surface area (Å²) < 4.78 is 0. The standard InChI is InChI=1S/C23H30N4O/c1-6-8-12-21-17(4)25-22(27-21)16(3)13-20(15-24-5)26-23(28)19-11-9-10-18(7-2)14-19/h8-12,14-15,24H,3,6-7,13H2,1-2,4-5H3,(H,25,27)(H,26,28)/b12-8-,20-15+. The quantitative estimate of drug-likeness (QED) is 0.597. The number of benzene rings is 1. The molecular weight excluding hydrogens is 348 g/mol. The SMILES string of the molecule is C=C(C/C(=C\NC)NC(=O)c1cccc(CC)c1)c1nc(/C=C\CC)c(C)[nH]1. The Balaban J connectivity index is 2.12. The van der Waals surface area contributed by atoms with Crippen molar-refractivity contribution in [1.29, 1.82) is 0 Å². The van der Waals surface area contributed by atoms with Crippen LogP contribution in [0.25, 0.3) is 11.6 Å². The highest BCUT2D eigenvalue weighted by atomic mass is 16.1. The molecule has 1 heterocycles. The monoisotopic (exact) mass is 378 g/mol. The van der Waals surface area contributed by atoms with Crippen LogP contribution in [0.2, 0.25) is 0 Å². The van der Waals surface area contributed by atoms with Crippen LogP contribution in [-0.2, 0) is 6.42 Å². The van der Waals surface area contributed by atoms with Crippen molar-refractivity contribution in [3.05, 3.63) is 77.2 Å². The van der Waals surface area contributed by atoms with Gasteiger partial charge in [-0.1, -0.05) is 38.6 Å². The van der Waals surface area contributed by atoms with Crippen molar-refractivity contribution < 1.29 is 4.79 Å². The third-order valence-electron chi connectivity index (χ3n) is 4.36. The minimum atomic E-state index is -0.133. The van der Waals surface area contributed by atoms with Crippen molar-refractivity contribution in [1.82, 2.24) is 20.6 Å². The molecule has 0 aliphatic carbocycles. The maximum absolute atomic E-state index is 12.7. The number of hydrogen-bond donors (Lipinski definition) is 3. The number of aromatic amines is 1. The van der Waals surface area contributed by atoms with E-state index in [0.717, 1.165) is 46.9 Å². The summed E-state index contributed by atoms with van der Waals surface area (Å²) in [7, 11) is 1.80. The number of imidazole rings is 1. The molecule has 28 heavy (non-hydrogen) atoms. The average Bonchev–Trinajstić information content (AvgIpc) is 3.07. The van der Waals surface area contributed by atoms with Crippen molar-refractivity contribution >= 4 is 17.6 Å². The molecule has 1 amide bonds. The molecule has 2 aromatic rings. The Hall–Kier alpha value is -3.08. The summed E-state index contributed by atoms with van der Waals surface area (Å²) in [5.41, 5.74) is 5.24. The molecule has 0 aliphatic heterocycles. The second-order valence-corrected chi connectivity index (χ2v) is 6.65.